The summed E-state index contributed by atoms with van der Waals surface area (Å²) in [5.74, 6) is 0.845. The fourth-order valence-corrected chi connectivity index (χ4v) is 3.45. The molecule has 0 unspecified atom stereocenters. The van der Waals surface area contributed by atoms with Crippen molar-refractivity contribution in [1.82, 2.24) is 15.5 Å². The molecule has 0 aliphatic rings. The monoisotopic (exact) mass is 500 g/mol. The van der Waals surface area contributed by atoms with Crippen molar-refractivity contribution in [2.75, 3.05) is 20.1 Å². The lowest BCUT2D eigenvalue weighted by Crippen LogP contribution is -2.36. The third kappa shape index (κ3) is 7.14. The van der Waals surface area contributed by atoms with Crippen molar-refractivity contribution >= 4 is 47.2 Å². The van der Waals surface area contributed by atoms with Crippen molar-refractivity contribution in [2.45, 2.75) is 33.9 Å². The Morgan fingerprint density at radius 3 is 2.19 bits per heavy atom. The van der Waals surface area contributed by atoms with Crippen molar-refractivity contribution in [2.24, 2.45) is 4.99 Å². The number of nitrogens with one attached hydrogen (secondary N) is 2. The first-order valence-electron chi connectivity index (χ1n) is 8.95. The van der Waals surface area contributed by atoms with E-state index in [1.165, 1.54) is 9.75 Å². The van der Waals surface area contributed by atoms with Gasteiger partial charge in [-0.1, -0.05) is 12.1 Å². The topological polar surface area (TPSA) is 56.7 Å². The maximum atomic E-state index is 12.3. The highest BCUT2D eigenvalue weighted by Crippen LogP contribution is 2.14. The Hall–Kier alpha value is -1.61. The van der Waals surface area contributed by atoms with Crippen LogP contribution in [0.25, 0.3) is 0 Å². The van der Waals surface area contributed by atoms with Crippen molar-refractivity contribution in [3.05, 3.63) is 57.3 Å². The van der Waals surface area contributed by atoms with Crippen LogP contribution < -0.4 is 10.6 Å². The van der Waals surface area contributed by atoms with Gasteiger partial charge in [0.2, 0.25) is 0 Å². The molecular formula is C20H29IN4OS. The number of benzene rings is 1. The van der Waals surface area contributed by atoms with E-state index in [1.807, 2.05) is 43.0 Å². The van der Waals surface area contributed by atoms with Gasteiger partial charge in [0.05, 0.1) is 6.54 Å². The number of amides is 1. The average molecular weight is 500 g/mol. The fraction of sp³-hybridized carbons (Fsp3) is 0.400. The number of guanidine groups is 1. The van der Waals surface area contributed by atoms with Crippen LogP contribution >= 0.6 is 35.3 Å². The lowest BCUT2D eigenvalue weighted by molar-refractivity contribution is 0.0773. The van der Waals surface area contributed by atoms with E-state index in [-0.39, 0.29) is 29.9 Å². The summed E-state index contributed by atoms with van der Waals surface area (Å²) >= 11 is 1.78. The number of halogens is 1. The molecule has 0 saturated carbocycles. The molecule has 1 aromatic heterocycles. The summed E-state index contributed by atoms with van der Waals surface area (Å²) in [6.07, 6.45) is 0. The number of hydrogen-bond donors (Lipinski definition) is 2. The van der Waals surface area contributed by atoms with Gasteiger partial charge in [-0.05, 0) is 50.6 Å². The van der Waals surface area contributed by atoms with E-state index in [2.05, 4.69) is 34.7 Å². The Balaban J connectivity index is 0.00000364. The molecule has 0 radical (unpaired) electrons. The smallest absolute Gasteiger partial charge is 0.253 e. The number of carbonyl (C=O) groups excluding carboxylic acids is 1. The van der Waals surface area contributed by atoms with E-state index in [4.69, 9.17) is 0 Å². The molecule has 0 fully saturated rings. The molecule has 27 heavy (non-hydrogen) atoms. The molecule has 0 aliphatic heterocycles. The Morgan fingerprint density at radius 2 is 1.67 bits per heavy atom. The molecule has 0 saturated heterocycles. The molecule has 2 N–H and O–H groups in total. The van der Waals surface area contributed by atoms with Gasteiger partial charge in [-0.25, -0.2) is 0 Å². The van der Waals surface area contributed by atoms with Crippen LogP contribution in [0.2, 0.25) is 0 Å². The predicted molar refractivity (Wildman–Crippen MR) is 125 cm³/mol. The summed E-state index contributed by atoms with van der Waals surface area (Å²) < 4.78 is 0. The molecular weight excluding hydrogens is 471 g/mol. The number of rotatable bonds is 7. The van der Waals surface area contributed by atoms with Gasteiger partial charge in [0.1, 0.15) is 0 Å². The second-order valence-electron chi connectivity index (χ2n) is 5.97. The van der Waals surface area contributed by atoms with Crippen molar-refractivity contribution in [3.8, 4) is 0 Å². The summed E-state index contributed by atoms with van der Waals surface area (Å²) in [6.45, 7) is 8.97. The summed E-state index contributed by atoms with van der Waals surface area (Å²) in [4.78, 5) is 21.0. The number of carbonyl (C=O) groups is 1. The number of nitrogens with zero attached hydrogens (tertiary/aromatic N) is 2. The van der Waals surface area contributed by atoms with Crippen molar-refractivity contribution in [1.29, 1.82) is 0 Å². The summed E-state index contributed by atoms with van der Waals surface area (Å²) in [7, 11) is 1.76. The zero-order chi connectivity index (χ0) is 18.9. The van der Waals surface area contributed by atoms with Crippen LogP contribution in [-0.4, -0.2) is 36.9 Å². The lowest BCUT2D eigenvalue weighted by atomic mass is 10.1. The minimum Gasteiger partial charge on any atom is -0.352 e. The number of aliphatic imine (C=N–C) groups is 1. The van der Waals surface area contributed by atoms with Crippen molar-refractivity contribution in [3.63, 3.8) is 0 Å². The molecule has 0 atom stereocenters. The van der Waals surface area contributed by atoms with Gasteiger partial charge >= 0.3 is 0 Å². The summed E-state index contributed by atoms with van der Waals surface area (Å²) in [5, 5.41) is 6.62. The van der Waals surface area contributed by atoms with Crippen LogP contribution in [0.3, 0.4) is 0 Å². The predicted octanol–water partition coefficient (Wildman–Crippen LogP) is 4.02. The highest BCUT2D eigenvalue weighted by atomic mass is 127. The van der Waals surface area contributed by atoms with Crippen LogP contribution in [0.4, 0.5) is 0 Å². The molecule has 5 nitrogen and oxygen atoms in total. The fourth-order valence-electron chi connectivity index (χ4n) is 2.62. The van der Waals surface area contributed by atoms with Gasteiger partial charge in [0.25, 0.3) is 5.91 Å². The first kappa shape index (κ1) is 23.4. The van der Waals surface area contributed by atoms with E-state index >= 15 is 0 Å². The second kappa shape index (κ2) is 12.0. The van der Waals surface area contributed by atoms with E-state index in [9.17, 15) is 4.79 Å². The van der Waals surface area contributed by atoms with Gasteiger partial charge in [-0.2, -0.15) is 0 Å². The minimum atomic E-state index is 0. The van der Waals surface area contributed by atoms with E-state index < -0.39 is 0 Å². The summed E-state index contributed by atoms with van der Waals surface area (Å²) in [5.41, 5.74) is 1.84. The van der Waals surface area contributed by atoms with Gasteiger partial charge in [0.15, 0.2) is 5.96 Å². The standard InChI is InChI=1S/C20H28N4OS.HI/c1-5-24(6-2)19(25)17-10-8-16(9-11-17)13-22-20(21-4)23-14-18-12-7-15(3)26-18;/h7-12H,5-6,13-14H2,1-4H3,(H2,21,22,23);1H. The normalized spacial score (nSPS) is 10.9. The Kier molecular flexibility index (Phi) is 10.4. The third-order valence-electron chi connectivity index (χ3n) is 4.16. The van der Waals surface area contributed by atoms with Crippen LogP contribution in [0.5, 0.6) is 0 Å². The second-order valence-corrected chi connectivity index (χ2v) is 7.34. The maximum absolute atomic E-state index is 12.3. The molecule has 1 heterocycles. The number of hydrogen-bond acceptors (Lipinski definition) is 3. The number of thiophene rings is 1. The SMILES string of the molecule is CCN(CC)C(=O)c1ccc(CNC(=NC)NCc2ccc(C)s2)cc1.I. The van der Waals surface area contributed by atoms with Gasteiger partial charge in [0, 0.05) is 42.0 Å². The highest BCUT2D eigenvalue weighted by Gasteiger charge is 2.11. The van der Waals surface area contributed by atoms with Crippen LogP contribution in [0.15, 0.2) is 41.4 Å². The molecule has 7 heteroatoms. The highest BCUT2D eigenvalue weighted by molar-refractivity contribution is 14.0. The molecule has 2 rings (SSSR count). The van der Waals surface area contributed by atoms with Gasteiger partial charge in [-0.15, -0.1) is 35.3 Å². The molecule has 0 aliphatic carbocycles. The van der Waals surface area contributed by atoms with E-state index in [1.54, 1.807) is 18.4 Å². The zero-order valence-electron chi connectivity index (χ0n) is 16.4. The van der Waals surface area contributed by atoms with Crippen LogP contribution in [0.1, 0.15) is 39.5 Å². The third-order valence-corrected chi connectivity index (χ3v) is 5.16. The Morgan fingerprint density at radius 1 is 1.04 bits per heavy atom. The van der Waals surface area contributed by atoms with E-state index in [0.717, 1.165) is 36.7 Å². The van der Waals surface area contributed by atoms with Crippen molar-refractivity contribution < 1.29 is 4.79 Å². The number of aryl methyl sites for hydroxylation is 1. The van der Waals surface area contributed by atoms with Crippen LogP contribution in [0, 0.1) is 6.92 Å². The van der Waals surface area contributed by atoms with Gasteiger partial charge < -0.3 is 15.5 Å². The molecule has 2 aromatic rings. The Labute approximate surface area is 183 Å². The van der Waals surface area contributed by atoms with Gasteiger partial charge in [-0.3, -0.25) is 9.79 Å². The molecule has 0 bridgehead atoms. The first-order valence-corrected chi connectivity index (χ1v) is 9.77. The maximum Gasteiger partial charge on any atom is 0.253 e. The lowest BCUT2D eigenvalue weighted by Gasteiger charge is -2.18. The largest absolute Gasteiger partial charge is 0.352 e. The first-order chi connectivity index (χ1) is 12.6. The quantitative estimate of drug-likeness (QED) is 0.343. The summed E-state index contributed by atoms with van der Waals surface area (Å²) in [6, 6.07) is 12.0. The molecule has 148 valence electrons. The molecule has 0 spiro atoms. The zero-order valence-corrected chi connectivity index (χ0v) is 19.6. The molecule has 1 aromatic carbocycles. The average Bonchev–Trinajstić information content (AvgIpc) is 3.08. The Bertz CT molecular complexity index is 739. The van der Waals surface area contributed by atoms with Crippen LogP contribution in [-0.2, 0) is 13.1 Å². The minimum absolute atomic E-state index is 0. The molecule has 1 amide bonds. The van der Waals surface area contributed by atoms with E-state index in [0.29, 0.717) is 6.54 Å².